The molecule has 0 saturated carbocycles. The summed E-state index contributed by atoms with van der Waals surface area (Å²) in [4.78, 5) is 35.2. The van der Waals surface area contributed by atoms with E-state index in [1.807, 2.05) is 30.3 Å². The maximum atomic E-state index is 12.7. The first kappa shape index (κ1) is 20.3. The smallest absolute Gasteiger partial charge is 0.346 e. The average molecular weight is 417 g/mol. The highest BCUT2D eigenvalue weighted by Crippen LogP contribution is 2.32. The average Bonchev–Trinajstić information content (AvgIpc) is 2.90. The highest BCUT2D eigenvalue weighted by molar-refractivity contribution is 6.31. The van der Waals surface area contributed by atoms with Crippen LogP contribution < -0.4 is 5.32 Å². The Labute approximate surface area is 170 Å². The zero-order valence-electron chi connectivity index (χ0n) is 15.3. The van der Waals surface area contributed by atoms with Crippen LogP contribution in [0.15, 0.2) is 47.6 Å². The molecule has 1 heterocycles. The molecule has 1 aliphatic rings. The lowest BCUT2D eigenvalue weighted by Crippen LogP contribution is -2.44. The number of carbonyl (C=O) groups is 2. The molecule has 1 aliphatic heterocycles. The van der Waals surface area contributed by atoms with Gasteiger partial charge < -0.3 is 10.4 Å². The number of amides is 3. The lowest BCUT2D eigenvalue weighted by atomic mass is 9.93. The van der Waals surface area contributed by atoms with Gasteiger partial charge in [0.05, 0.1) is 11.1 Å². The van der Waals surface area contributed by atoms with Gasteiger partial charge in [-0.15, -0.1) is 5.01 Å². The standard InChI is InChI=1S/C19H17ClN4O5/c1-19(8-7-12-5-3-2-4-6-12)17(26)23(18(27)22-19)21-11-13-9-14(20)10-15(16(13)25)24(28)29/h2-6,9-11,25H,7-8H2,1H3,(H,22,27)/b21-11-/t19-/m0/s1. The number of phenols is 1. The van der Waals surface area contributed by atoms with Gasteiger partial charge in [-0.25, -0.2) is 4.79 Å². The summed E-state index contributed by atoms with van der Waals surface area (Å²) in [7, 11) is 0. The van der Waals surface area contributed by atoms with Crippen molar-refractivity contribution in [2.24, 2.45) is 5.10 Å². The van der Waals surface area contributed by atoms with Crippen LogP contribution in [-0.2, 0) is 11.2 Å². The molecule has 1 atom stereocenters. The molecule has 0 radical (unpaired) electrons. The Morgan fingerprint density at radius 3 is 2.66 bits per heavy atom. The van der Waals surface area contributed by atoms with E-state index in [0.717, 1.165) is 17.8 Å². The summed E-state index contributed by atoms with van der Waals surface area (Å²) in [6.07, 6.45) is 1.91. The van der Waals surface area contributed by atoms with Crippen molar-refractivity contribution < 1.29 is 19.6 Å². The number of urea groups is 1. The van der Waals surface area contributed by atoms with E-state index in [4.69, 9.17) is 11.6 Å². The fraction of sp³-hybridized carbons (Fsp3) is 0.211. The first-order valence-electron chi connectivity index (χ1n) is 8.63. The van der Waals surface area contributed by atoms with Crippen LogP contribution in [0.2, 0.25) is 5.02 Å². The molecule has 10 heteroatoms. The first-order valence-corrected chi connectivity index (χ1v) is 9.00. The minimum absolute atomic E-state index is 0.000787. The van der Waals surface area contributed by atoms with Crippen LogP contribution in [-0.4, -0.2) is 38.7 Å². The lowest BCUT2D eigenvalue weighted by Gasteiger charge is -2.20. The Kier molecular flexibility index (Phi) is 5.51. The van der Waals surface area contributed by atoms with Crippen LogP contribution >= 0.6 is 11.6 Å². The predicted octanol–water partition coefficient (Wildman–Crippen LogP) is 3.23. The van der Waals surface area contributed by atoms with Gasteiger partial charge in [-0.05, 0) is 31.4 Å². The number of aryl methyl sites for hydroxylation is 1. The van der Waals surface area contributed by atoms with Crippen LogP contribution in [0.5, 0.6) is 5.75 Å². The van der Waals surface area contributed by atoms with Crippen molar-refractivity contribution in [1.82, 2.24) is 10.3 Å². The quantitative estimate of drug-likeness (QED) is 0.323. The second kappa shape index (κ2) is 7.88. The van der Waals surface area contributed by atoms with Crippen molar-refractivity contribution in [3.05, 3.63) is 68.7 Å². The Morgan fingerprint density at radius 2 is 2.00 bits per heavy atom. The minimum Gasteiger partial charge on any atom is -0.502 e. The van der Waals surface area contributed by atoms with Crippen molar-refractivity contribution in [1.29, 1.82) is 0 Å². The third-order valence-electron chi connectivity index (χ3n) is 4.59. The molecule has 3 rings (SSSR count). The Bertz CT molecular complexity index is 1010. The number of benzene rings is 2. The summed E-state index contributed by atoms with van der Waals surface area (Å²) in [5.74, 6) is -1.23. The van der Waals surface area contributed by atoms with Crippen molar-refractivity contribution in [2.75, 3.05) is 0 Å². The van der Waals surface area contributed by atoms with Crippen molar-refractivity contribution in [3.8, 4) is 5.75 Å². The molecule has 29 heavy (non-hydrogen) atoms. The summed E-state index contributed by atoms with van der Waals surface area (Å²) in [6, 6.07) is 11.0. The van der Waals surface area contributed by atoms with E-state index in [-0.39, 0.29) is 10.6 Å². The van der Waals surface area contributed by atoms with Gasteiger partial charge in [-0.3, -0.25) is 14.9 Å². The summed E-state index contributed by atoms with van der Waals surface area (Å²) in [5, 5.41) is 28.1. The molecule has 2 aromatic carbocycles. The number of carbonyl (C=O) groups excluding carboxylic acids is 2. The fourth-order valence-corrected chi connectivity index (χ4v) is 3.17. The lowest BCUT2D eigenvalue weighted by molar-refractivity contribution is -0.385. The number of nitro benzene ring substituents is 1. The van der Waals surface area contributed by atoms with E-state index in [0.29, 0.717) is 17.9 Å². The van der Waals surface area contributed by atoms with Gasteiger partial charge in [-0.1, -0.05) is 41.9 Å². The van der Waals surface area contributed by atoms with Gasteiger partial charge in [0, 0.05) is 16.7 Å². The van der Waals surface area contributed by atoms with Gasteiger partial charge >= 0.3 is 11.7 Å². The molecule has 2 aromatic rings. The van der Waals surface area contributed by atoms with E-state index < -0.39 is 33.8 Å². The number of hydrazone groups is 1. The zero-order valence-corrected chi connectivity index (χ0v) is 16.1. The summed E-state index contributed by atoms with van der Waals surface area (Å²) < 4.78 is 0. The second-order valence-corrected chi connectivity index (χ2v) is 7.17. The van der Waals surface area contributed by atoms with E-state index in [9.17, 15) is 24.8 Å². The number of rotatable bonds is 6. The molecule has 0 spiro atoms. The third kappa shape index (κ3) is 4.19. The van der Waals surface area contributed by atoms with E-state index >= 15 is 0 Å². The molecule has 9 nitrogen and oxygen atoms in total. The molecule has 0 aromatic heterocycles. The first-order chi connectivity index (χ1) is 13.7. The topological polar surface area (TPSA) is 125 Å². The molecular weight excluding hydrogens is 400 g/mol. The van der Waals surface area contributed by atoms with Crippen LogP contribution in [0.1, 0.15) is 24.5 Å². The number of nitrogens with one attached hydrogen (secondary N) is 1. The molecule has 3 amide bonds. The SMILES string of the molecule is C[C@@]1(CCc2ccccc2)NC(=O)N(/N=C\c2cc(Cl)cc([N+](=O)[O-])c2O)C1=O. The Balaban J connectivity index is 1.79. The van der Waals surface area contributed by atoms with Crippen molar-refractivity contribution >= 4 is 35.4 Å². The summed E-state index contributed by atoms with van der Waals surface area (Å²) >= 11 is 5.83. The number of nitro groups is 1. The Morgan fingerprint density at radius 1 is 1.31 bits per heavy atom. The molecule has 150 valence electrons. The number of aromatic hydroxyl groups is 1. The van der Waals surface area contributed by atoms with Gasteiger partial charge in [0.15, 0.2) is 0 Å². The fourth-order valence-electron chi connectivity index (χ4n) is 2.94. The van der Waals surface area contributed by atoms with Crippen LogP contribution in [0, 0.1) is 10.1 Å². The Hall–Kier alpha value is -3.46. The van der Waals surface area contributed by atoms with Gasteiger partial charge in [0.1, 0.15) is 5.54 Å². The van der Waals surface area contributed by atoms with E-state index in [2.05, 4.69) is 10.4 Å². The third-order valence-corrected chi connectivity index (χ3v) is 4.81. The van der Waals surface area contributed by atoms with Crippen molar-refractivity contribution in [2.45, 2.75) is 25.3 Å². The molecule has 0 bridgehead atoms. The number of hydrogen-bond acceptors (Lipinski definition) is 6. The highest BCUT2D eigenvalue weighted by atomic mass is 35.5. The predicted molar refractivity (Wildman–Crippen MR) is 106 cm³/mol. The monoisotopic (exact) mass is 416 g/mol. The highest BCUT2D eigenvalue weighted by Gasteiger charge is 2.47. The minimum atomic E-state index is -1.15. The van der Waals surface area contributed by atoms with Gasteiger partial charge in [-0.2, -0.15) is 5.10 Å². The summed E-state index contributed by atoms with van der Waals surface area (Å²) in [6.45, 7) is 1.60. The number of hydrogen-bond donors (Lipinski definition) is 2. The normalized spacial score (nSPS) is 19.0. The molecule has 0 unspecified atom stereocenters. The van der Waals surface area contributed by atoms with Crippen LogP contribution in [0.3, 0.4) is 0 Å². The molecular formula is C19H17ClN4O5. The van der Waals surface area contributed by atoms with E-state index in [1.165, 1.54) is 6.07 Å². The molecule has 0 aliphatic carbocycles. The maximum Gasteiger partial charge on any atom is 0.346 e. The number of halogens is 1. The number of nitrogens with zero attached hydrogens (tertiary/aromatic N) is 3. The zero-order chi connectivity index (χ0) is 21.2. The largest absolute Gasteiger partial charge is 0.502 e. The van der Waals surface area contributed by atoms with Crippen LogP contribution in [0.4, 0.5) is 10.5 Å². The summed E-state index contributed by atoms with van der Waals surface area (Å²) in [5.41, 5.74) is -0.826. The van der Waals surface area contributed by atoms with Gasteiger partial charge in [0.2, 0.25) is 5.75 Å². The van der Waals surface area contributed by atoms with E-state index in [1.54, 1.807) is 6.92 Å². The van der Waals surface area contributed by atoms with Crippen LogP contribution in [0.25, 0.3) is 0 Å². The molecule has 1 fully saturated rings. The second-order valence-electron chi connectivity index (χ2n) is 6.73. The van der Waals surface area contributed by atoms with Gasteiger partial charge in [0.25, 0.3) is 5.91 Å². The molecule has 1 saturated heterocycles. The number of phenolic OH excluding ortho intramolecular Hbond substituents is 1. The molecule has 2 N–H and O–H groups in total. The number of imide groups is 1. The maximum absolute atomic E-state index is 12.7. The van der Waals surface area contributed by atoms with Crippen molar-refractivity contribution in [3.63, 3.8) is 0 Å².